The lowest BCUT2D eigenvalue weighted by atomic mass is 9.90. The first-order valence-corrected chi connectivity index (χ1v) is 8.47. The van der Waals surface area contributed by atoms with E-state index >= 15 is 0 Å². The molecule has 0 aromatic heterocycles. The molecule has 1 rings (SSSR count). The van der Waals surface area contributed by atoms with E-state index < -0.39 is 5.54 Å². The molecule has 0 spiro atoms. The number of nitrogens with one attached hydrogen (secondary N) is 1. The van der Waals surface area contributed by atoms with Crippen LogP contribution in [0.2, 0.25) is 0 Å². The second-order valence-electron chi connectivity index (χ2n) is 6.54. The number of anilines is 1. The third kappa shape index (κ3) is 6.08. The van der Waals surface area contributed by atoms with Crippen LogP contribution >= 0.6 is 0 Å². The summed E-state index contributed by atoms with van der Waals surface area (Å²) in [5, 5.41) is 14.8. The van der Waals surface area contributed by atoms with Gasteiger partial charge in [0.2, 0.25) is 5.54 Å². The predicted molar refractivity (Wildman–Crippen MR) is 94.9 cm³/mol. The van der Waals surface area contributed by atoms with Gasteiger partial charge < -0.3 is 10.1 Å². The molecule has 0 saturated heterocycles. The third-order valence-corrected chi connectivity index (χ3v) is 4.35. The van der Waals surface area contributed by atoms with Crippen LogP contribution in [0.1, 0.15) is 59.3 Å². The van der Waals surface area contributed by atoms with Crippen LogP contribution in [0.3, 0.4) is 0 Å². The fraction of sp³-hybridized carbons (Fsp3) is 0.667. The van der Waals surface area contributed by atoms with Crippen LogP contribution in [0.4, 0.5) is 5.69 Å². The van der Waals surface area contributed by atoms with Gasteiger partial charge in [-0.1, -0.05) is 39.0 Å². The lowest BCUT2D eigenvalue weighted by molar-refractivity contribution is -0.563. The molecule has 0 saturated carbocycles. The molecule has 0 amide bonds. The van der Waals surface area contributed by atoms with Gasteiger partial charge in [0.1, 0.15) is 5.75 Å². The topological polar surface area (TPSA) is 64.4 Å². The highest BCUT2D eigenvalue weighted by Gasteiger charge is 2.40. The fourth-order valence-electron chi connectivity index (χ4n) is 2.57. The summed E-state index contributed by atoms with van der Waals surface area (Å²) < 4.78 is 5.15. The van der Waals surface area contributed by atoms with E-state index in [4.69, 9.17) is 4.74 Å². The molecule has 0 aliphatic carbocycles. The Hall–Kier alpha value is -1.78. The molecule has 5 heteroatoms. The SMILES string of the molecule is CCCCCCCC(Nc1ccc(OC)cc1)C(C)(C)[N+](=O)[O-]. The van der Waals surface area contributed by atoms with E-state index in [0.29, 0.717) is 0 Å². The number of methoxy groups -OCH3 is 1. The Bertz CT molecular complexity index is 472. The average Bonchev–Trinajstić information content (AvgIpc) is 2.54. The fourth-order valence-corrected chi connectivity index (χ4v) is 2.57. The summed E-state index contributed by atoms with van der Waals surface area (Å²) >= 11 is 0. The molecule has 1 aromatic rings. The van der Waals surface area contributed by atoms with Gasteiger partial charge in [-0.2, -0.15) is 0 Å². The number of hydrogen-bond acceptors (Lipinski definition) is 4. The van der Waals surface area contributed by atoms with Crippen molar-refractivity contribution in [2.45, 2.75) is 70.9 Å². The Morgan fingerprint density at radius 1 is 1.17 bits per heavy atom. The van der Waals surface area contributed by atoms with Crippen LogP contribution < -0.4 is 10.1 Å². The Morgan fingerprint density at radius 3 is 2.30 bits per heavy atom. The molecule has 0 fully saturated rings. The maximum atomic E-state index is 11.4. The first-order chi connectivity index (χ1) is 10.9. The largest absolute Gasteiger partial charge is 0.497 e. The van der Waals surface area contributed by atoms with Gasteiger partial charge in [0.15, 0.2) is 0 Å². The Kier molecular flexibility index (Phi) is 7.86. The van der Waals surface area contributed by atoms with E-state index in [0.717, 1.165) is 30.7 Å². The van der Waals surface area contributed by atoms with E-state index in [9.17, 15) is 10.1 Å². The van der Waals surface area contributed by atoms with Crippen LogP contribution in [0, 0.1) is 10.1 Å². The van der Waals surface area contributed by atoms with E-state index in [1.807, 2.05) is 24.3 Å². The van der Waals surface area contributed by atoms with Crippen LogP contribution in [0.15, 0.2) is 24.3 Å². The number of hydrogen-bond donors (Lipinski definition) is 1. The molecule has 130 valence electrons. The number of rotatable bonds is 11. The highest BCUT2D eigenvalue weighted by Crippen LogP contribution is 2.25. The van der Waals surface area contributed by atoms with E-state index in [1.165, 1.54) is 19.3 Å². The minimum absolute atomic E-state index is 0.180. The van der Waals surface area contributed by atoms with Gasteiger partial charge >= 0.3 is 0 Å². The molecule has 0 radical (unpaired) electrons. The normalized spacial score (nSPS) is 12.7. The average molecular weight is 322 g/mol. The van der Waals surface area contributed by atoms with Gasteiger partial charge in [-0.15, -0.1) is 0 Å². The van der Waals surface area contributed by atoms with Gasteiger partial charge in [0.05, 0.1) is 13.2 Å². The molecule has 5 nitrogen and oxygen atoms in total. The number of nitro groups is 1. The van der Waals surface area contributed by atoms with Crippen LogP contribution in [-0.4, -0.2) is 23.6 Å². The monoisotopic (exact) mass is 322 g/mol. The zero-order valence-electron chi connectivity index (χ0n) is 14.8. The van der Waals surface area contributed by atoms with E-state index in [2.05, 4.69) is 12.2 Å². The van der Waals surface area contributed by atoms with Crippen molar-refractivity contribution in [2.75, 3.05) is 12.4 Å². The summed E-state index contributed by atoms with van der Waals surface area (Å²) in [6.45, 7) is 5.57. The highest BCUT2D eigenvalue weighted by molar-refractivity contribution is 5.47. The zero-order valence-corrected chi connectivity index (χ0v) is 14.8. The predicted octanol–water partition coefficient (Wildman–Crippen LogP) is 4.89. The van der Waals surface area contributed by atoms with Crippen molar-refractivity contribution in [1.82, 2.24) is 0 Å². The summed E-state index contributed by atoms with van der Waals surface area (Å²) in [6, 6.07) is 7.32. The smallest absolute Gasteiger partial charge is 0.236 e. The van der Waals surface area contributed by atoms with E-state index in [-0.39, 0.29) is 11.0 Å². The summed E-state index contributed by atoms with van der Waals surface area (Å²) in [5.41, 5.74) is -0.121. The molecule has 0 heterocycles. The first kappa shape index (κ1) is 19.3. The molecule has 0 aliphatic heterocycles. The molecular formula is C18H30N2O3. The molecule has 1 aromatic carbocycles. The molecule has 23 heavy (non-hydrogen) atoms. The number of ether oxygens (including phenoxy) is 1. The van der Waals surface area contributed by atoms with Crippen molar-refractivity contribution in [3.63, 3.8) is 0 Å². The summed E-state index contributed by atoms with van der Waals surface area (Å²) in [5.74, 6) is 0.778. The van der Waals surface area contributed by atoms with Crippen LogP contribution in [-0.2, 0) is 0 Å². The number of benzene rings is 1. The quantitative estimate of drug-likeness (QED) is 0.358. The van der Waals surface area contributed by atoms with Gasteiger partial charge in [0.25, 0.3) is 0 Å². The lowest BCUT2D eigenvalue weighted by Gasteiger charge is -2.28. The number of unbranched alkanes of at least 4 members (excludes halogenated alkanes) is 4. The highest BCUT2D eigenvalue weighted by atomic mass is 16.6. The lowest BCUT2D eigenvalue weighted by Crippen LogP contribution is -2.48. The second-order valence-corrected chi connectivity index (χ2v) is 6.54. The second kappa shape index (κ2) is 9.38. The maximum absolute atomic E-state index is 11.4. The maximum Gasteiger partial charge on any atom is 0.236 e. The first-order valence-electron chi connectivity index (χ1n) is 8.47. The van der Waals surface area contributed by atoms with Crippen LogP contribution in [0.5, 0.6) is 5.75 Å². The summed E-state index contributed by atoms with van der Waals surface area (Å²) in [6.07, 6.45) is 6.56. The van der Waals surface area contributed by atoms with Crippen molar-refractivity contribution in [3.8, 4) is 5.75 Å². The van der Waals surface area contributed by atoms with Gasteiger partial charge in [0, 0.05) is 24.5 Å². The summed E-state index contributed by atoms with van der Waals surface area (Å²) in [7, 11) is 1.62. The molecule has 0 aliphatic rings. The molecular weight excluding hydrogens is 292 g/mol. The van der Waals surface area contributed by atoms with Crippen molar-refractivity contribution in [1.29, 1.82) is 0 Å². The van der Waals surface area contributed by atoms with Crippen LogP contribution in [0.25, 0.3) is 0 Å². The van der Waals surface area contributed by atoms with Crippen molar-refractivity contribution in [3.05, 3.63) is 34.4 Å². The van der Waals surface area contributed by atoms with Gasteiger partial charge in [-0.05, 0) is 30.7 Å². The minimum atomic E-state index is -1.01. The van der Waals surface area contributed by atoms with Crippen molar-refractivity contribution >= 4 is 5.69 Å². The molecule has 1 atom stereocenters. The molecule has 0 bridgehead atoms. The Balaban J connectivity index is 2.71. The summed E-state index contributed by atoms with van der Waals surface area (Å²) in [4.78, 5) is 11.3. The van der Waals surface area contributed by atoms with Crippen molar-refractivity contribution in [2.24, 2.45) is 0 Å². The Morgan fingerprint density at radius 2 is 1.78 bits per heavy atom. The number of nitrogens with zero attached hydrogens (tertiary/aromatic N) is 1. The van der Waals surface area contributed by atoms with Gasteiger partial charge in [-0.25, -0.2) is 0 Å². The molecule has 1 unspecified atom stereocenters. The minimum Gasteiger partial charge on any atom is -0.497 e. The van der Waals surface area contributed by atoms with Gasteiger partial charge in [-0.3, -0.25) is 10.1 Å². The Labute approximate surface area is 139 Å². The standard InChI is InChI=1S/C18H30N2O3/c1-5-6-7-8-9-10-17(18(2,3)20(21)22)19-15-11-13-16(23-4)14-12-15/h11-14,17,19H,5-10H2,1-4H3. The van der Waals surface area contributed by atoms with E-state index in [1.54, 1.807) is 21.0 Å². The third-order valence-electron chi connectivity index (χ3n) is 4.35. The van der Waals surface area contributed by atoms with Crippen molar-refractivity contribution < 1.29 is 9.66 Å². The zero-order chi connectivity index (χ0) is 17.3. The molecule has 1 N–H and O–H groups in total.